The average Bonchev–Trinajstić information content (AvgIpc) is 3.36. The molecule has 1 atom stereocenters. The highest BCUT2D eigenvalue weighted by Gasteiger charge is 2.23. The summed E-state index contributed by atoms with van der Waals surface area (Å²) in [5, 5.41) is 7.31. The van der Waals surface area contributed by atoms with Gasteiger partial charge in [-0.3, -0.25) is 14.6 Å². The molecule has 0 radical (unpaired) electrons. The molecule has 2 heterocycles. The zero-order chi connectivity index (χ0) is 32.6. The van der Waals surface area contributed by atoms with Crippen molar-refractivity contribution in [3.63, 3.8) is 0 Å². The van der Waals surface area contributed by atoms with Crippen LogP contribution in [0.1, 0.15) is 125 Å². The Morgan fingerprint density at radius 2 is 1.72 bits per heavy atom. The second-order valence-electron chi connectivity index (χ2n) is 12.5. The molecule has 7 nitrogen and oxygen atoms in total. The van der Waals surface area contributed by atoms with Crippen molar-refractivity contribution in [1.82, 2.24) is 9.88 Å². The Kier molecular flexibility index (Phi) is 14.4. The molecule has 4 rings (SSSR count). The van der Waals surface area contributed by atoms with Crippen molar-refractivity contribution in [2.75, 3.05) is 11.9 Å². The summed E-state index contributed by atoms with van der Waals surface area (Å²) in [6, 6.07) is 13.2. The number of unbranched alkanes of at least 4 members (excludes halogenated alkanes) is 7. The molecule has 1 aliphatic rings. The quantitative estimate of drug-likeness (QED) is 0.155. The number of aliphatic imine (C=N–C) groups is 1. The molecule has 46 heavy (non-hydrogen) atoms. The van der Waals surface area contributed by atoms with Crippen LogP contribution in [0.5, 0.6) is 0 Å². The van der Waals surface area contributed by atoms with E-state index in [-0.39, 0.29) is 11.8 Å². The van der Waals surface area contributed by atoms with Gasteiger partial charge in [-0.2, -0.15) is 0 Å². The molecule has 2 N–H and O–H groups in total. The number of benzene rings is 2. The zero-order valence-electron chi connectivity index (χ0n) is 28.3. The zero-order valence-corrected chi connectivity index (χ0v) is 28.3. The van der Waals surface area contributed by atoms with Crippen molar-refractivity contribution >= 4 is 40.9 Å². The van der Waals surface area contributed by atoms with Crippen molar-refractivity contribution in [1.29, 1.82) is 0 Å². The van der Waals surface area contributed by atoms with Crippen LogP contribution in [0, 0.1) is 0 Å². The number of carbonyl (C=O) groups is 2. The number of nitrogens with zero attached hydrogens (tertiary/aromatic N) is 2. The maximum Gasteiger partial charge on any atom is 0.252 e. The second kappa shape index (κ2) is 18.9. The first kappa shape index (κ1) is 35.0. The fourth-order valence-electron chi connectivity index (χ4n) is 6.31. The monoisotopic (exact) mass is 626 g/mol. The molecular weight excluding hydrogens is 572 g/mol. The van der Waals surface area contributed by atoms with Gasteiger partial charge in [0.25, 0.3) is 5.91 Å². The summed E-state index contributed by atoms with van der Waals surface area (Å²) < 4.78 is 7.96. The van der Waals surface area contributed by atoms with Crippen LogP contribution in [-0.4, -0.2) is 35.4 Å². The highest BCUT2D eigenvalue weighted by atomic mass is 16.5. The van der Waals surface area contributed by atoms with Gasteiger partial charge in [0.15, 0.2) is 6.40 Å². The molecule has 1 aliphatic heterocycles. The molecule has 0 fully saturated rings. The number of fused-ring (bicyclic) bond motifs is 3. The lowest BCUT2D eigenvalue weighted by atomic mass is 10.0. The molecule has 2 amide bonds. The van der Waals surface area contributed by atoms with Crippen LogP contribution in [0.3, 0.4) is 0 Å². The Balaban J connectivity index is 1.57. The molecule has 1 unspecified atom stereocenters. The van der Waals surface area contributed by atoms with E-state index in [1.807, 2.05) is 55.5 Å². The van der Waals surface area contributed by atoms with E-state index in [4.69, 9.17) is 4.74 Å². The first-order valence-electron chi connectivity index (χ1n) is 17.6. The number of amides is 2. The smallest absolute Gasteiger partial charge is 0.252 e. The van der Waals surface area contributed by atoms with E-state index in [1.165, 1.54) is 48.7 Å². The van der Waals surface area contributed by atoms with Gasteiger partial charge in [-0.15, -0.1) is 0 Å². The highest BCUT2D eigenvalue weighted by Crippen LogP contribution is 2.31. The standard InChI is InChI=1S/C39H54N4O3/c1-4-7-9-10-11-13-17-33-34-24-21-31(27-36(34)43-25-14-15-26-46-29-40-28-37(33)43)38(44)42-35(18-12-8-5-2)39(45)41-32-22-19-30(16-6-3)20-23-32/h6,16,19-24,27,29,35H,4-5,7-15,17-18,25-26,28H2,1-3H3,(H,41,45)(H,42,44)/b16-6+,40-29?. The Bertz CT molecular complexity index is 1450. The summed E-state index contributed by atoms with van der Waals surface area (Å²) >= 11 is 0. The SMILES string of the molecule is C/C=C/c1ccc(NC(=O)C(CCCCC)NC(=O)c2ccc3c(CCCCCCCC)c4n(c3c2)CCCCOC=NC4)cc1. The van der Waals surface area contributed by atoms with Gasteiger partial charge in [-0.1, -0.05) is 95.6 Å². The lowest BCUT2D eigenvalue weighted by molar-refractivity contribution is -0.118. The van der Waals surface area contributed by atoms with Gasteiger partial charge in [0.05, 0.1) is 13.2 Å². The Morgan fingerprint density at radius 1 is 0.957 bits per heavy atom. The number of hydrogen-bond acceptors (Lipinski definition) is 4. The number of hydrogen-bond donors (Lipinski definition) is 2. The summed E-state index contributed by atoms with van der Waals surface area (Å²) in [4.78, 5) is 31.8. The van der Waals surface area contributed by atoms with Crippen molar-refractivity contribution < 1.29 is 14.3 Å². The van der Waals surface area contributed by atoms with Crippen LogP contribution in [0.15, 0.2) is 53.5 Å². The van der Waals surface area contributed by atoms with Crippen LogP contribution in [0.25, 0.3) is 17.0 Å². The average molecular weight is 627 g/mol. The fourth-order valence-corrected chi connectivity index (χ4v) is 6.31. The first-order chi connectivity index (χ1) is 22.5. The van der Waals surface area contributed by atoms with Crippen molar-refractivity contribution in [2.24, 2.45) is 4.99 Å². The van der Waals surface area contributed by atoms with E-state index in [2.05, 4.69) is 40.1 Å². The minimum absolute atomic E-state index is 0.189. The molecular formula is C39H54N4O3. The van der Waals surface area contributed by atoms with E-state index in [9.17, 15) is 9.59 Å². The molecule has 248 valence electrons. The lowest BCUT2D eigenvalue weighted by Gasteiger charge is -2.19. The number of carbonyl (C=O) groups excluding carboxylic acids is 2. The maximum atomic E-state index is 13.8. The molecule has 7 heteroatoms. The molecule has 0 saturated heterocycles. The predicted molar refractivity (Wildman–Crippen MR) is 192 cm³/mol. The number of nitrogens with one attached hydrogen (secondary N) is 2. The number of anilines is 1. The van der Waals surface area contributed by atoms with Gasteiger partial charge in [0.1, 0.15) is 6.04 Å². The normalized spacial score (nSPS) is 14.2. The van der Waals surface area contributed by atoms with Gasteiger partial charge in [0, 0.05) is 34.4 Å². The fraction of sp³-hybridized carbons (Fsp3) is 0.513. The van der Waals surface area contributed by atoms with E-state index in [0.29, 0.717) is 25.1 Å². The number of ether oxygens (including phenoxy) is 1. The molecule has 0 bridgehead atoms. The minimum atomic E-state index is -0.622. The first-order valence-corrected chi connectivity index (χ1v) is 17.6. The molecule has 1 aromatic heterocycles. The van der Waals surface area contributed by atoms with E-state index < -0.39 is 6.04 Å². The summed E-state index contributed by atoms with van der Waals surface area (Å²) in [6.07, 6.45) is 19.5. The summed E-state index contributed by atoms with van der Waals surface area (Å²) in [5.41, 5.74) is 6.01. The van der Waals surface area contributed by atoms with Crippen LogP contribution in [0.2, 0.25) is 0 Å². The lowest BCUT2D eigenvalue weighted by Crippen LogP contribution is -2.43. The second-order valence-corrected chi connectivity index (χ2v) is 12.5. The van der Waals surface area contributed by atoms with Crippen LogP contribution in [-0.2, 0) is 29.0 Å². The highest BCUT2D eigenvalue weighted by molar-refractivity contribution is 6.03. The van der Waals surface area contributed by atoms with Crippen LogP contribution >= 0.6 is 0 Å². The van der Waals surface area contributed by atoms with Gasteiger partial charge in [-0.25, -0.2) is 0 Å². The van der Waals surface area contributed by atoms with Gasteiger partial charge in [0.2, 0.25) is 5.91 Å². The number of aromatic nitrogens is 1. The Labute approximate surface area is 275 Å². The van der Waals surface area contributed by atoms with E-state index >= 15 is 0 Å². The molecule has 0 saturated carbocycles. The largest absolute Gasteiger partial charge is 0.483 e. The van der Waals surface area contributed by atoms with Crippen LogP contribution < -0.4 is 10.6 Å². The number of aryl methyl sites for hydroxylation is 2. The molecule has 2 aromatic carbocycles. The van der Waals surface area contributed by atoms with Crippen molar-refractivity contribution in [3.05, 3.63) is 70.9 Å². The number of allylic oxidation sites excluding steroid dienone is 1. The third-order valence-electron chi connectivity index (χ3n) is 8.87. The molecule has 0 aliphatic carbocycles. The Hall–Kier alpha value is -3.87. The van der Waals surface area contributed by atoms with Gasteiger partial charge >= 0.3 is 0 Å². The topological polar surface area (TPSA) is 84.7 Å². The molecule has 3 aromatic rings. The predicted octanol–water partition coefficient (Wildman–Crippen LogP) is 9.23. The van der Waals surface area contributed by atoms with E-state index in [1.54, 1.807) is 6.40 Å². The maximum absolute atomic E-state index is 13.8. The minimum Gasteiger partial charge on any atom is -0.483 e. The van der Waals surface area contributed by atoms with Gasteiger partial charge < -0.3 is 19.9 Å². The third-order valence-corrected chi connectivity index (χ3v) is 8.87. The van der Waals surface area contributed by atoms with Crippen molar-refractivity contribution in [2.45, 2.75) is 123 Å². The Morgan fingerprint density at radius 3 is 2.50 bits per heavy atom. The summed E-state index contributed by atoms with van der Waals surface area (Å²) in [6.45, 7) is 8.46. The third kappa shape index (κ3) is 10.1. The molecule has 0 spiro atoms. The van der Waals surface area contributed by atoms with Crippen molar-refractivity contribution in [3.8, 4) is 0 Å². The van der Waals surface area contributed by atoms with E-state index in [0.717, 1.165) is 68.3 Å². The summed E-state index contributed by atoms with van der Waals surface area (Å²) in [5.74, 6) is -0.410. The van der Waals surface area contributed by atoms with Gasteiger partial charge in [-0.05, 0) is 74.4 Å². The van der Waals surface area contributed by atoms with Crippen LogP contribution in [0.4, 0.5) is 5.69 Å². The summed E-state index contributed by atoms with van der Waals surface area (Å²) in [7, 11) is 0. The number of rotatable bonds is 16.